The van der Waals surface area contributed by atoms with E-state index in [1.165, 1.54) is 23.9 Å². The predicted octanol–water partition coefficient (Wildman–Crippen LogP) is 3.60. The van der Waals surface area contributed by atoms with E-state index in [-0.39, 0.29) is 29.8 Å². The zero-order chi connectivity index (χ0) is 17.1. The number of hydrogen-bond acceptors (Lipinski definition) is 3. The Balaban J connectivity index is 1.57. The average Bonchev–Trinajstić information content (AvgIpc) is 2.56. The summed E-state index contributed by atoms with van der Waals surface area (Å²) >= 11 is 7.08. The summed E-state index contributed by atoms with van der Waals surface area (Å²) in [5.74, 6) is -0.929. The standard InChI is InChI=1S/C17H14ClFN2O2S/c18-11-7-10(5-6-12(11)19)9-20-16(22)8-15-17(23)21-13-3-1-2-4-14(13)24-15/h1-7,15H,8-9H2,(H,20,22)(H,21,23). The first kappa shape index (κ1) is 16.8. The number of carbonyl (C=O) groups is 2. The van der Waals surface area contributed by atoms with Crippen molar-refractivity contribution in [2.45, 2.75) is 23.1 Å². The predicted molar refractivity (Wildman–Crippen MR) is 92.6 cm³/mol. The van der Waals surface area contributed by atoms with Gasteiger partial charge in [-0.25, -0.2) is 4.39 Å². The summed E-state index contributed by atoms with van der Waals surface area (Å²) in [7, 11) is 0. The third kappa shape index (κ3) is 3.88. The molecule has 2 N–H and O–H groups in total. The second kappa shape index (κ2) is 7.23. The quantitative estimate of drug-likeness (QED) is 0.871. The lowest BCUT2D eigenvalue weighted by Gasteiger charge is -2.23. The second-order valence-electron chi connectivity index (χ2n) is 5.32. The molecule has 0 aliphatic carbocycles. The number of halogens is 2. The summed E-state index contributed by atoms with van der Waals surface area (Å²) in [5.41, 5.74) is 1.46. The summed E-state index contributed by atoms with van der Waals surface area (Å²) in [5, 5.41) is 5.07. The number of benzene rings is 2. The molecule has 2 aromatic rings. The Bertz CT molecular complexity index is 800. The third-order valence-corrected chi connectivity index (χ3v) is 5.12. The van der Waals surface area contributed by atoms with Gasteiger partial charge in [-0.2, -0.15) is 0 Å². The van der Waals surface area contributed by atoms with Crippen LogP contribution in [0.2, 0.25) is 5.02 Å². The van der Waals surface area contributed by atoms with Crippen LogP contribution in [0.3, 0.4) is 0 Å². The van der Waals surface area contributed by atoms with Crippen LogP contribution in [-0.4, -0.2) is 17.1 Å². The number of amides is 2. The number of hydrogen-bond donors (Lipinski definition) is 2. The molecule has 0 fully saturated rings. The summed E-state index contributed by atoms with van der Waals surface area (Å²) < 4.78 is 13.1. The molecule has 1 heterocycles. The monoisotopic (exact) mass is 364 g/mol. The van der Waals surface area contributed by atoms with Gasteiger partial charge < -0.3 is 10.6 Å². The molecular weight excluding hydrogens is 351 g/mol. The molecule has 2 aromatic carbocycles. The molecule has 24 heavy (non-hydrogen) atoms. The van der Waals surface area contributed by atoms with Crippen molar-refractivity contribution in [3.8, 4) is 0 Å². The van der Waals surface area contributed by atoms with E-state index in [2.05, 4.69) is 10.6 Å². The minimum absolute atomic E-state index is 0.0144. The molecule has 1 aliphatic rings. The van der Waals surface area contributed by atoms with E-state index in [1.54, 1.807) is 6.07 Å². The lowest BCUT2D eigenvalue weighted by Crippen LogP contribution is -2.34. The van der Waals surface area contributed by atoms with Gasteiger partial charge in [0.2, 0.25) is 11.8 Å². The topological polar surface area (TPSA) is 58.2 Å². The van der Waals surface area contributed by atoms with Crippen LogP contribution in [0.15, 0.2) is 47.4 Å². The fourth-order valence-electron chi connectivity index (χ4n) is 2.32. The van der Waals surface area contributed by atoms with Crippen LogP contribution in [0.4, 0.5) is 10.1 Å². The number of anilines is 1. The first-order chi connectivity index (χ1) is 11.5. The SMILES string of the molecule is O=C(CC1Sc2ccccc2NC1=O)NCc1ccc(F)c(Cl)c1. The van der Waals surface area contributed by atoms with Gasteiger partial charge in [-0.05, 0) is 29.8 Å². The maximum atomic E-state index is 13.1. The van der Waals surface area contributed by atoms with Crippen molar-refractivity contribution in [2.24, 2.45) is 0 Å². The Morgan fingerprint density at radius 2 is 2.08 bits per heavy atom. The van der Waals surface area contributed by atoms with E-state index < -0.39 is 11.1 Å². The molecule has 4 nitrogen and oxygen atoms in total. The molecule has 0 bridgehead atoms. The summed E-state index contributed by atoms with van der Waals surface area (Å²) in [6, 6.07) is 11.7. The number of nitrogens with one attached hydrogen (secondary N) is 2. The van der Waals surface area contributed by atoms with Crippen LogP contribution in [0.5, 0.6) is 0 Å². The minimum Gasteiger partial charge on any atom is -0.352 e. The van der Waals surface area contributed by atoms with Crippen LogP contribution < -0.4 is 10.6 Å². The van der Waals surface area contributed by atoms with E-state index in [0.717, 1.165) is 10.6 Å². The zero-order valence-corrected chi connectivity index (χ0v) is 14.1. The van der Waals surface area contributed by atoms with Crippen molar-refractivity contribution in [3.63, 3.8) is 0 Å². The molecule has 7 heteroatoms. The molecule has 1 atom stereocenters. The molecule has 2 amide bonds. The summed E-state index contributed by atoms with van der Waals surface area (Å²) in [6.07, 6.45) is 0.0692. The molecular formula is C17H14ClFN2O2S. The summed E-state index contributed by atoms with van der Waals surface area (Å²) in [6.45, 7) is 0.231. The number of thioether (sulfide) groups is 1. The lowest BCUT2D eigenvalue weighted by atomic mass is 10.2. The van der Waals surface area contributed by atoms with E-state index >= 15 is 0 Å². The number of carbonyl (C=O) groups excluding carboxylic acids is 2. The fraction of sp³-hybridized carbons (Fsp3) is 0.176. The number of rotatable bonds is 4. The normalized spacial score (nSPS) is 16.2. The highest BCUT2D eigenvalue weighted by atomic mass is 35.5. The fourth-order valence-corrected chi connectivity index (χ4v) is 3.63. The van der Waals surface area contributed by atoms with Crippen LogP contribution in [0, 0.1) is 5.82 Å². The molecule has 124 valence electrons. The molecule has 1 unspecified atom stereocenters. The molecule has 1 aliphatic heterocycles. The van der Waals surface area contributed by atoms with E-state index in [9.17, 15) is 14.0 Å². The molecule has 0 saturated heterocycles. The summed E-state index contributed by atoms with van der Waals surface area (Å²) in [4.78, 5) is 25.1. The van der Waals surface area contributed by atoms with Gasteiger partial charge in [0.25, 0.3) is 0 Å². The number of para-hydroxylation sites is 1. The van der Waals surface area contributed by atoms with Crippen molar-refractivity contribution in [3.05, 3.63) is 58.9 Å². The van der Waals surface area contributed by atoms with Crippen molar-refractivity contribution in [2.75, 3.05) is 5.32 Å². The Kier molecular flexibility index (Phi) is 5.06. The second-order valence-corrected chi connectivity index (χ2v) is 6.97. The Labute approximate surface area is 147 Å². The van der Waals surface area contributed by atoms with Gasteiger partial charge >= 0.3 is 0 Å². The number of fused-ring (bicyclic) bond motifs is 1. The largest absolute Gasteiger partial charge is 0.352 e. The van der Waals surface area contributed by atoms with Crippen LogP contribution in [0.1, 0.15) is 12.0 Å². The lowest BCUT2D eigenvalue weighted by molar-refractivity contribution is -0.124. The maximum absolute atomic E-state index is 13.1. The van der Waals surface area contributed by atoms with Crippen molar-refractivity contribution < 1.29 is 14.0 Å². The molecule has 0 saturated carbocycles. The molecule has 0 radical (unpaired) electrons. The van der Waals surface area contributed by atoms with Gasteiger partial charge in [-0.1, -0.05) is 29.8 Å². The van der Waals surface area contributed by atoms with E-state index in [1.807, 2.05) is 24.3 Å². The molecule has 3 rings (SSSR count). The van der Waals surface area contributed by atoms with Gasteiger partial charge in [0.1, 0.15) is 5.82 Å². The first-order valence-electron chi connectivity index (χ1n) is 7.30. The third-order valence-electron chi connectivity index (χ3n) is 3.55. The van der Waals surface area contributed by atoms with Gasteiger partial charge in [0.05, 0.1) is 16.0 Å². The van der Waals surface area contributed by atoms with E-state index in [4.69, 9.17) is 11.6 Å². The maximum Gasteiger partial charge on any atom is 0.238 e. The Morgan fingerprint density at radius 3 is 2.88 bits per heavy atom. The van der Waals surface area contributed by atoms with Crippen molar-refractivity contribution in [1.82, 2.24) is 5.32 Å². The van der Waals surface area contributed by atoms with Gasteiger partial charge in [0.15, 0.2) is 0 Å². The van der Waals surface area contributed by atoms with Gasteiger partial charge in [-0.3, -0.25) is 9.59 Å². The Morgan fingerprint density at radius 1 is 1.29 bits per heavy atom. The van der Waals surface area contributed by atoms with Crippen molar-refractivity contribution in [1.29, 1.82) is 0 Å². The van der Waals surface area contributed by atoms with Crippen LogP contribution >= 0.6 is 23.4 Å². The van der Waals surface area contributed by atoms with Crippen molar-refractivity contribution >= 4 is 40.9 Å². The van der Waals surface area contributed by atoms with Crippen LogP contribution in [-0.2, 0) is 16.1 Å². The molecule has 0 spiro atoms. The highest BCUT2D eigenvalue weighted by Gasteiger charge is 2.28. The molecule has 0 aromatic heterocycles. The average molecular weight is 365 g/mol. The van der Waals surface area contributed by atoms with Gasteiger partial charge in [0, 0.05) is 17.9 Å². The zero-order valence-electron chi connectivity index (χ0n) is 12.5. The smallest absolute Gasteiger partial charge is 0.238 e. The van der Waals surface area contributed by atoms with E-state index in [0.29, 0.717) is 5.56 Å². The highest BCUT2D eigenvalue weighted by Crippen LogP contribution is 2.36. The first-order valence-corrected chi connectivity index (χ1v) is 8.56. The minimum atomic E-state index is -0.499. The van der Waals surface area contributed by atoms with Crippen LogP contribution in [0.25, 0.3) is 0 Å². The van der Waals surface area contributed by atoms with Gasteiger partial charge in [-0.15, -0.1) is 11.8 Å². The Hall–Kier alpha value is -2.05. The highest BCUT2D eigenvalue weighted by molar-refractivity contribution is 8.01.